The summed E-state index contributed by atoms with van der Waals surface area (Å²) < 4.78 is 2.33. The summed E-state index contributed by atoms with van der Waals surface area (Å²) in [7, 11) is 0. The summed E-state index contributed by atoms with van der Waals surface area (Å²) in [6.07, 6.45) is 7.45. The van der Waals surface area contributed by atoms with Crippen molar-refractivity contribution < 1.29 is 0 Å². The van der Waals surface area contributed by atoms with Crippen molar-refractivity contribution in [1.29, 1.82) is 0 Å². The Labute approximate surface area is 113 Å². The van der Waals surface area contributed by atoms with E-state index in [0.29, 0.717) is 10.8 Å². The molecule has 0 aromatic carbocycles. The van der Waals surface area contributed by atoms with Gasteiger partial charge in [-0.15, -0.1) is 5.10 Å². The third-order valence-electron chi connectivity index (χ3n) is 3.66. The molecule has 1 heterocycles. The molecule has 1 fully saturated rings. The van der Waals surface area contributed by atoms with Gasteiger partial charge in [-0.3, -0.25) is 0 Å². The van der Waals surface area contributed by atoms with Crippen LogP contribution in [0.5, 0.6) is 0 Å². The van der Waals surface area contributed by atoms with Crippen molar-refractivity contribution in [2.45, 2.75) is 63.4 Å². The molecule has 0 radical (unpaired) electrons. The lowest BCUT2D eigenvalue weighted by Crippen LogP contribution is -2.30. The molecule has 0 bridgehead atoms. The van der Waals surface area contributed by atoms with Crippen molar-refractivity contribution >= 4 is 11.8 Å². The van der Waals surface area contributed by atoms with E-state index in [-0.39, 0.29) is 0 Å². The minimum atomic E-state index is 0.349. The summed E-state index contributed by atoms with van der Waals surface area (Å²) >= 11 is 1.97. The van der Waals surface area contributed by atoms with E-state index in [9.17, 15) is 0 Å². The summed E-state index contributed by atoms with van der Waals surface area (Å²) in [5.74, 6) is 0.948. The Hall–Kier alpha value is -0.620. The van der Waals surface area contributed by atoms with Crippen molar-refractivity contribution in [3.05, 3.63) is 5.82 Å². The molecule has 6 heteroatoms. The van der Waals surface area contributed by atoms with Crippen LogP contribution in [0.3, 0.4) is 0 Å². The first kappa shape index (κ1) is 13.8. The van der Waals surface area contributed by atoms with E-state index >= 15 is 0 Å². The molecule has 1 aromatic rings. The number of thioether (sulfide) groups is 1. The van der Waals surface area contributed by atoms with E-state index < -0.39 is 0 Å². The Bertz CT molecular complexity index is 370. The van der Waals surface area contributed by atoms with Crippen LogP contribution < -0.4 is 5.32 Å². The average Bonchev–Trinajstić information content (AvgIpc) is 2.97. The number of nitrogens with zero attached hydrogens (tertiary/aromatic N) is 4. The highest BCUT2D eigenvalue weighted by Gasteiger charge is 2.34. The zero-order chi connectivity index (χ0) is 13.0. The molecular weight excluding hydrogens is 246 g/mol. The lowest BCUT2D eigenvalue weighted by atomic mass is 10.1. The molecule has 2 rings (SSSR count). The molecule has 5 nitrogen and oxygen atoms in total. The van der Waals surface area contributed by atoms with Gasteiger partial charge in [-0.2, -0.15) is 11.8 Å². The standard InChI is InChI=1S/C12H23N5S/c1-10(2)13-8-11-14-15-16-17(11)9-12(18-3)6-4-5-7-12/h10,13H,4-9H2,1-3H3. The number of tetrazole rings is 1. The minimum absolute atomic E-state index is 0.349. The first-order valence-corrected chi connectivity index (χ1v) is 7.91. The summed E-state index contributed by atoms with van der Waals surface area (Å²) in [5, 5.41) is 15.5. The zero-order valence-electron chi connectivity index (χ0n) is 11.5. The third kappa shape index (κ3) is 3.23. The van der Waals surface area contributed by atoms with Crippen LogP contribution in [0.15, 0.2) is 0 Å². The first-order chi connectivity index (χ1) is 8.65. The van der Waals surface area contributed by atoms with Crippen LogP contribution in [0.25, 0.3) is 0 Å². The smallest absolute Gasteiger partial charge is 0.165 e. The molecule has 1 aromatic heterocycles. The van der Waals surface area contributed by atoms with Crippen LogP contribution in [0.2, 0.25) is 0 Å². The van der Waals surface area contributed by atoms with Gasteiger partial charge < -0.3 is 5.32 Å². The van der Waals surface area contributed by atoms with Gasteiger partial charge in [0.25, 0.3) is 0 Å². The molecule has 1 saturated carbocycles. The molecule has 18 heavy (non-hydrogen) atoms. The van der Waals surface area contributed by atoms with Crippen molar-refractivity contribution in [2.24, 2.45) is 0 Å². The second kappa shape index (κ2) is 6.02. The van der Waals surface area contributed by atoms with Crippen LogP contribution in [0.4, 0.5) is 0 Å². The Balaban J connectivity index is 2.02. The number of hydrogen-bond acceptors (Lipinski definition) is 5. The second-order valence-electron chi connectivity index (χ2n) is 5.38. The Kier molecular flexibility index (Phi) is 4.61. The van der Waals surface area contributed by atoms with Crippen LogP contribution in [-0.2, 0) is 13.1 Å². The van der Waals surface area contributed by atoms with E-state index in [1.807, 2.05) is 16.4 Å². The molecule has 0 atom stereocenters. The van der Waals surface area contributed by atoms with Crippen LogP contribution in [0, 0.1) is 0 Å². The van der Waals surface area contributed by atoms with Crippen molar-refractivity contribution in [2.75, 3.05) is 6.26 Å². The SMILES string of the molecule is CSC1(Cn2nnnc2CNC(C)C)CCCC1. The van der Waals surface area contributed by atoms with Crippen LogP contribution >= 0.6 is 11.8 Å². The fraction of sp³-hybridized carbons (Fsp3) is 0.917. The molecule has 0 unspecified atom stereocenters. The summed E-state index contributed by atoms with van der Waals surface area (Å²) in [6.45, 7) is 5.95. The molecule has 102 valence electrons. The molecule has 1 aliphatic carbocycles. The monoisotopic (exact) mass is 269 g/mol. The quantitative estimate of drug-likeness (QED) is 0.854. The lowest BCUT2D eigenvalue weighted by molar-refractivity contribution is 0.439. The molecule has 1 N–H and O–H groups in total. The summed E-state index contributed by atoms with van der Waals surface area (Å²) in [5.41, 5.74) is 0. The predicted octanol–water partition coefficient (Wildman–Crippen LogP) is 1.85. The minimum Gasteiger partial charge on any atom is -0.308 e. The fourth-order valence-electron chi connectivity index (χ4n) is 2.49. The summed E-state index contributed by atoms with van der Waals surface area (Å²) in [6, 6.07) is 0.455. The maximum absolute atomic E-state index is 4.15. The van der Waals surface area contributed by atoms with Crippen LogP contribution in [-0.4, -0.2) is 37.3 Å². The van der Waals surface area contributed by atoms with E-state index in [4.69, 9.17) is 0 Å². The maximum atomic E-state index is 4.15. The first-order valence-electron chi connectivity index (χ1n) is 6.69. The molecule has 0 spiro atoms. The van der Waals surface area contributed by atoms with Gasteiger partial charge in [0.1, 0.15) is 0 Å². The van der Waals surface area contributed by atoms with Gasteiger partial charge in [-0.25, -0.2) is 4.68 Å². The number of hydrogen-bond donors (Lipinski definition) is 1. The second-order valence-corrected chi connectivity index (χ2v) is 6.66. The van der Waals surface area contributed by atoms with Crippen molar-refractivity contribution in [3.63, 3.8) is 0 Å². The molecule has 0 amide bonds. The normalized spacial score (nSPS) is 18.7. The Morgan fingerprint density at radius 2 is 2.11 bits per heavy atom. The van der Waals surface area contributed by atoms with E-state index in [0.717, 1.165) is 18.9 Å². The van der Waals surface area contributed by atoms with Gasteiger partial charge in [0, 0.05) is 10.8 Å². The van der Waals surface area contributed by atoms with E-state index in [2.05, 4.69) is 40.9 Å². The van der Waals surface area contributed by atoms with Crippen LogP contribution in [0.1, 0.15) is 45.4 Å². The molecular formula is C12H23N5S. The highest BCUT2D eigenvalue weighted by molar-refractivity contribution is 8.00. The van der Waals surface area contributed by atoms with E-state index in [1.54, 1.807) is 0 Å². The van der Waals surface area contributed by atoms with Gasteiger partial charge >= 0.3 is 0 Å². The highest BCUT2D eigenvalue weighted by Crippen LogP contribution is 2.41. The Morgan fingerprint density at radius 3 is 2.72 bits per heavy atom. The van der Waals surface area contributed by atoms with Crippen molar-refractivity contribution in [3.8, 4) is 0 Å². The summed E-state index contributed by atoms with van der Waals surface area (Å²) in [4.78, 5) is 0. The lowest BCUT2D eigenvalue weighted by Gasteiger charge is -2.26. The van der Waals surface area contributed by atoms with Gasteiger partial charge in [0.15, 0.2) is 5.82 Å². The highest BCUT2D eigenvalue weighted by atomic mass is 32.2. The Morgan fingerprint density at radius 1 is 1.39 bits per heavy atom. The molecule has 0 saturated heterocycles. The fourth-order valence-corrected chi connectivity index (χ4v) is 3.44. The van der Waals surface area contributed by atoms with Gasteiger partial charge in [-0.05, 0) is 29.5 Å². The van der Waals surface area contributed by atoms with Crippen molar-refractivity contribution in [1.82, 2.24) is 25.5 Å². The predicted molar refractivity (Wildman–Crippen MR) is 74.5 cm³/mol. The number of aromatic nitrogens is 4. The van der Waals surface area contributed by atoms with E-state index in [1.165, 1.54) is 25.7 Å². The zero-order valence-corrected chi connectivity index (χ0v) is 12.3. The third-order valence-corrected chi connectivity index (χ3v) is 5.06. The number of nitrogens with one attached hydrogen (secondary N) is 1. The molecule has 1 aliphatic rings. The topological polar surface area (TPSA) is 55.6 Å². The maximum Gasteiger partial charge on any atom is 0.165 e. The average molecular weight is 269 g/mol. The van der Waals surface area contributed by atoms with Gasteiger partial charge in [-0.1, -0.05) is 26.7 Å². The molecule has 0 aliphatic heterocycles. The number of rotatable bonds is 6. The largest absolute Gasteiger partial charge is 0.308 e. The van der Waals surface area contributed by atoms with Gasteiger partial charge in [0.05, 0.1) is 13.1 Å². The van der Waals surface area contributed by atoms with Gasteiger partial charge in [0.2, 0.25) is 0 Å².